The Balaban J connectivity index is 1.71. The minimum Gasteiger partial charge on any atom is -0.444 e. The van der Waals surface area contributed by atoms with Crippen molar-refractivity contribution in [2.75, 3.05) is 18.9 Å². The number of carbonyl (C=O) groups excluding carboxylic acids is 2. The predicted octanol–water partition coefficient (Wildman–Crippen LogP) is 2.58. The molecule has 166 valence electrons. The molecule has 0 saturated heterocycles. The number of ether oxygens (including phenoxy) is 1. The molecule has 2 atom stereocenters. The lowest BCUT2D eigenvalue weighted by Gasteiger charge is -2.40. The summed E-state index contributed by atoms with van der Waals surface area (Å²) in [6, 6.07) is 10.7. The van der Waals surface area contributed by atoms with Crippen LogP contribution in [0.5, 0.6) is 0 Å². The van der Waals surface area contributed by atoms with Gasteiger partial charge in [0.15, 0.2) is 0 Å². The van der Waals surface area contributed by atoms with Crippen molar-refractivity contribution in [3.63, 3.8) is 0 Å². The van der Waals surface area contributed by atoms with Gasteiger partial charge in [-0.15, -0.1) is 0 Å². The van der Waals surface area contributed by atoms with Crippen LogP contribution in [0.2, 0.25) is 0 Å². The van der Waals surface area contributed by atoms with E-state index in [1.54, 1.807) is 24.1 Å². The number of hydrogen-bond acceptors (Lipinski definition) is 6. The van der Waals surface area contributed by atoms with Crippen LogP contribution in [0.3, 0.4) is 0 Å². The van der Waals surface area contributed by atoms with E-state index in [9.17, 15) is 14.7 Å². The number of carbonyl (C=O) groups is 2. The molecule has 0 unspecified atom stereocenters. The number of rotatable bonds is 5. The Labute approximate surface area is 182 Å². The highest BCUT2D eigenvalue weighted by atomic mass is 16.6. The summed E-state index contributed by atoms with van der Waals surface area (Å²) in [5, 5.41) is 16.5. The second-order valence-electron chi connectivity index (χ2n) is 8.61. The van der Waals surface area contributed by atoms with Crippen molar-refractivity contribution < 1.29 is 19.4 Å². The van der Waals surface area contributed by atoms with Crippen LogP contribution in [-0.2, 0) is 17.7 Å². The number of nitrogens with one attached hydrogen (secondary N) is 2. The van der Waals surface area contributed by atoms with Crippen LogP contribution in [-0.4, -0.2) is 58.3 Å². The van der Waals surface area contributed by atoms with Crippen LogP contribution in [0.1, 0.15) is 42.3 Å². The van der Waals surface area contributed by atoms with Gasteiger partial charge in [0.2, 0.25) is 0 Å². The highest BCUT2D eigenvalue weighted by Gasteiger charge is 2.36. The summed E-state index contributed by atoms with van der Waals surface area (Å²) in [4.78, 5) is 31.0. The van der Waals surface area contributed by atoms with Crippen LogP contribution in [0.25, 0.3) is 0 Å². The van der Waals surface area contributed by atoms with Crippen molar-refractivity contribution in [2.45, 2.75) is 51.5 Å². The standard InChI is InChI=1S/C23H30N4O4/c1-23(2,3)31-22(30)27-14-17-8-6-5-7-15(17)11-18(27)19(28)13-26-21(29)16-9-10-20(24-4)25-12-16/h5-10,12,18-19,28H,11,13-14H2,1-4H3,(H,24,25)(H,26,29)/t18-,19+/m0/s1. The van der Waals surface area contributed by atoms with E-state index in [0.29, 0.717) is 24.3 Å². The number of pyridine rings is 1. The molecule has 8 nitrogen and oxygen atoms in total. The molecule has 31 heavy (non-hydrogen) atoms. The molecule has 1 aromatic heterocycles. The first kappa shape index (κ1) is 22.6. The van der Waals surface area contributed by atoms with Gasteiger partial charge in [0.1, 0.15) is 11.4 Å². The molecular formula is C23H30N4O4. The maximum atomic E-state index is 12.8. The van der Waals surface area contributed by atoms with E-state index in [0.717, 1.165) is 11.1 Å². The zero-order valence-electron chi connectivity index (χ0n) is 18.4. The fourth-order valence-corrected chi connectivity index (χ4v) is 3.52. The van der Waals surface area contributed by atoms with Gasteiger partial charge < -0.3 is 20.5 Å². The van der Waals surface area contributed by atoms with E-state index in [-0.39, 0.29) is 12.5 Å². The quantitative estimate of drug-likeness (QED) is 0.679. The fraction of sp³-hybridized carbons (Fsp3) is 0.435. The van der Waals surface area contributed by atoms with Crippen LogP contribution in [0, 0.1) is 0 Å². The Kier molecular flexibility index (Phi) is 6.80. The minimum absolute atomic E-state index is 0.00125. The molecule has 0 spiro atoms. The van der Waals surface area contributed by atoms with Crippen molar-refractivity contribution in [3.05, 3.63) is 59.3 Å². The van der Waals surface area contributed by atoms with Gasteiger partial charge in [-0.05, 0) is 50.5 Å². The lowest BCUT2D eigenvalue weighted by Crippen LogP contribution is -2.54. The molecule has 1 aromatic carbocycles. The molecule has 2 heterocycles. The van der Waals surface area contributed by atoms with Crippen LogP contribution >= 0.6 is 0 Å². The summed E-state index contributed by atoms with van der Waals surface area (Å²) in [5.74, 6) is 0.319. The highest BCUT2D eigenvalue weighted by Crippen LogP contribution is 2.27. The summed E-state index contributed by atoms with van der Waals surface area (Å²) in [5.41, 5.74) is 1.84. The molecule has 0 fully saturated rings. The molecule has 1 aliphatic heterocycles. The first-order chi connectivity index (χ1) is 14.7. The highest BCUT2D eigenvalue weighted by molar-refractivity contribution is 5.94. The van der Waals surface area contributed by atoms with Crippen molar-refractivity contribution in [2.24, 2.45) is 0 Å². The number of amides is 2. The molecule has 0 bridgehead atoms. The normalized spacial score (nSPS) is 16.8. The number of hydrogen-bond donors (Lipinski definition) is 3. The maximum absolute atomic E-state index is 12.8. The van der Waals surface area contributed by atoms with Crippen molar-refractivity contribution in [3.8, 4) is 0 Å². The average molecular weight is 427 g/mol. The van der Waals surface area contributed by atoms with Gasteiger partial charge in [0, 0.05) is 26.3 Å². The summed E-state index contributed by atoms with van der Waals surface area (Å²) >= 11 is 0. The third-order valence-corrected chi connectivity index (χ3v) is 5.11. The fourth-order valence-electron chi connectivity index (χ4n) is 3.52. The molecule has 0 aliphatic carbocycles. The maximum Gasteiger partial charge on any atom is 0.410 e. The van der Waals surface area contributed by atoms with Crippen molar-refractivity contribution in [1.82, 2.24) is 15.2 Å². The van der Waals surface area contributed by atoms with Gasteiger partial charge in [-0.25, -0.2) is 9.78 Å². The molecule has 0 saturated carbocycles. The lowest BCUT2D eigenvalue weighted by molar-refractivity contribution is -0.0113. The van der Waals surface area contributed by atoms with Crippen LogP contribution < -0.4 is 10.6 Å². The first-order valence-corrected chi connectivity index (χ1v) is 10.3. The Morgan fingerprint density at radius 2 is 1.94 bits per heavy atom. The van der Waals surface area contributed by atoms with Gasteiger partial charge in [-0.1, -0.05) is 24.3 Å². The Morgan fingerprint density at radius 1 is 1.23 bits per heavy atom. The molecule has 3 rings (SSSR count). The smallest absolute Gasteiger partial charge is 0.410 e. The Morgan fingerprint density at radius 3 is 2.55 bits per heavy atom. The number of aromatic nitrogens is 1. The summed E-state index contributed by atoms with van der Waals surface area (Å²) in [7, 11) is 1.75. The van der Waals surface area contributed by atoms with Crippen molar-refractivity contribution in [1.29, 1.82) is 0 Å². The van der Waals surface area contributed by atoms with E-state index in [2.05, 4.69) is 15.6 Å². The van der Waals surface area contributed by atoms with Crippen LogP contribution in [0.15, 0.2) is 42.6 Å². The second-order valence-corrected chi connectivity index (χ2v) is 8.61. The van der Waals surface area contributed by atoms with E-state index in [4.69, 9.17) is 4.74 Å². The van der Waals surface area contributed by atoms with Gasteiger partial charge in [-0.3, -0.25) is 9.69 Å². The largest absolute Gasteiger partial charge is 0.444 e. The second kappa shape index (κ2) is 9.34. The van der Waals surface area contributed by atoms with Gasteiger partial charge in [-0.2, -0.15) is 0 Å². The zero-order chi connectivity index (χ0) is 22.6. The topological polar surface area (TPSA) is 104 Å². The monoisotopic (exact) mass is 426 g/mol. The number of benzene rings is 1. The predicted molar refractivity (Wildman–Crippen MR) is 118 cm³/mol. The third-order valence-electron chi connectivity index (χ3n) is 5.11. The molecule has 3 N–H and O–H groups in total. The third kappa shape index (κ3) is 5.73. The van der Waals surface area contributed by atoms with Crippen molar-refractivity contribution >= 4 is 17.8 Å². The van der Waals surface area contributed by atoms with Gasteiger partial charge in [0.25, 0.3) is 5.91 Å². The Hall–Kier alpha value is -3.13. The molecule has 2 aromatic rings. The number of aliphatic hydroxyl groups is 1. The molecule has 0 radical (unpaired) electrons. The first-order valence-electron chi connectivity index (χ1n) is 10.3. The van der Waals surface area contributed by atoms with Gasteiger partial charge >= 0.3 is 6.09 Å². The number of anilines is 1. The molecular weight excluding hydrogens is 396 g/mol. The summed E-state index contributed by atoms with van der Waals surface area (Å²) in [6.07, 6.45) is 0.501. The summed E-state index contributed by atoms with van der Waals surface area (Å²) < 4.78 is 5.56. The molecule has 2 amide bonds. The zero-order valence-corrected chi connectivity index (χ0v) is 18.4. The molecule has 1 aliphatic rings. The van der Waals surface area contributed by atoms with E-state index < -0.39 is 23.8 Å². The minimum atomic E-state index is -0.964. The SMILES string of the molecule is CNc1ccc(C(=O)NC[C@@H](O)[C@@H]2Cc3ccccc3CN2C(=O)OC(C)(C)C)cn1. The average Bonchev–Trinajstić information content (AvgIpc) is 2.75. The number of aliphatic hydroxyl groups excluding tert-OH is 1. The summed E-state index contributed by atoms with van der Waals surface area (Å²) in [6.45, 7) is 5.76. The van der Waals surface area contributed by atoms with Crippen LogP contribution in [0.4, 0.5) is 10.6 Å². The van der Waals surface area contributed by atoms with Gasteiger partial charge in [0.05, 0.1) is 17.7 Å². The van der Waals surface area contributed by atoms with E-state index in [1.807, 2.05) is 45.0 Å². The number of nitrogens with zero attached hydrogens (tertiary/aromatic N) is 2. The number of fused-ring (bicyclic) bond motifs is 1. The van der Waals surface area contributed by atoms with E-state index in [1.165, 1.54) is 6.20 Å². The Bertz CT molecular complexity index is 924. The molecule has 8 heteroatoms. The lowest BCUT2D eigenvalue weighted by atomic mass is 9.91. The van der Waals surface area contributed by atoms with E-state index >= 15 is 0 Å².